The highest BCUT2D eigenvalue weighted by Gasteiger charge is 2.37. The summed E-state index contributed by atoms with van der Waals surface area (Å²) in [6.45, 7) is 0. The van der Waals surface area contributed by atoms with Crippen LogP contribution in [0.5, 0.6) is 0 Å². The van der Waals surface area contributed by atoms with E-state index in [0.29, 0.717) is 5.88 Å². The quantitative estimate of drug-likeness (QED) is 0.682. The molecule has 0 unspecified atom stereocenters. The third-order valence-corrected chi connectivity index (χ3v) is 3.53. The van der Waals surface area contributed by atoms with Crippen LogP contribution in [0.15, 0.2) is 46.4 Å². The van der Waals surface area contributed by atoms with Gasteiger partial charge in [0.05, 0.1) is 5.69 Å². The minimum absolute atomic E-state index is 0.149. The van der Waals surface area contributed by atoms with E-state index in [-0.39, 0.29) is 17.0 Å². The number of nitrogens with zero attached hydrogens (tertiary/aromatic N) is 2. The van der Waals surface area contributed by atoms with Gasteiger partial charge in [-0.25, -0.2) is 14.1 Å². The Morgan fingerprint density at radius 3 is 2.36 bits per heavy atom. The Balaban J connectivity index is 1.97. The average molecular weight is 343 g/mol. The maximum Gasteiger partial charge on any atom is 0.335 e. The van der Waals surface area contributed by atoms with Gasteiger partial charge in [0.2, 0.25) is 0 Å². The fourth-order valence-electron chi connectivity index (χ4n) is 2.28. The minimum Gasteiger partial charge on any atom is -0.441 e. The molecule has 8 heteroatoms. The van der Waals surface area contributed by atoms with E-state index in [2.05, 4.69) is 5.32 Å². The molecule has 1 aromatic carbocycles. The number of hydrogen-bond donors (Lipinski definition) is 1. The van der Waals surface area contributed by atoms with Crippen LogP contribution in [0, 0.1) is 5.82 Å². The van der Waals surface area contributed by atoms with Crippen molar-refractivity contribution in [3.63, 3.8) is 0 Å². The Kier molecular flexibility index (Phi) is 4.10. The van der Waals surface area contributed by atoms with E-state index in [1.165, 1.54) is 18.2 Å². The van der Waals surface area contributed by atoms with Gasteiger partial charge in [0, 0.05) is 20.2 Å². The molecular weight excluding hydrogens is 329 g/mol. The van der Waals surface area contributed by atoms with Crippen LogP contribution in [0.25, 0.3) is 6.08 Å². The van der Waals surface area contributed by atoms with Gasteiger partial charge in [-0.2, -0.15) is 0 Å². The van der Waals surface area contributed by atoms with Gasteiger partial charge in [-0.15, -0.1) is 0 Å². The van der Waals surface area contributed by atoms with Gasteiger partial charge >= 0.3 is 6.03 Å². The smallest absolute Gasteiger partial charge is 0.335 e. The molecule has 0 atom stereocenters. The molecule has 0 spiro atoms. The maximum absolute atomic E-state index is 13.1. The summed E-state index contributed by atoms with van der Waals surface area (Å²) in [6.07, 6.45) is 1.26. The molecular formula is C17H14FN3O4. The van der Waals surface area contributed by atoms with Crippen LogP contribution in [-0.4, -0.2) is 31.9 Å². The number of carbonyl (C=O) groups is 3. The Morgan fingerprint density at radius 1 is 1.08 bits per heavy atom. The molecule has 2 aromatic rings. The number of carbonyl (C=O) groups excluding carboxylic acids is 3. The van der Waals surface area contributed by atoms with Crippen molar-refractivity contribution in [1.82, 2.24) is 5.32 Å². The molecule has 1 saturated heterocycles. The Labute approximate surface area is 142 Å². The van der Waals surface area contributed by atoms with Crippen LogP contribution in [-0.2, 0) is 9.59 Å². The summed E-state index contributed by atoms with van der Waals surface area (Å²) in [5.74, 6) is -1.32. The number of barbiturate groups is 1. The molecule has 4 amide bonds. The lowest BCUT2D eigenvalue weighted by Gasteiger charge is -2.26. The first-order valence-corrected chi connectivity index (χ1v) is 7.31. The zero-order valence-corrected chi connectivity index (χ0v) is 13.4. The highest BCUT2D eigenvalue weighted by atomic mass is 19.1. The van der Waals surface area contributed by atoms with Crippen molar-refractivity contribution in [3.05, 3.63) is 53.5 Å². The van der Waals surface area contributed by atoms with E-state index in [1.807, 2.05) is 0 Å². The number of urea groups is 1. The first-order valence-electron chi connectivity index (χ1n) is 7.31. The number of imide groups is 2. The first kappa shape index (κ1) is 16.4. The molecule has 2 heterocycles. The molecule has 1 aliphatic heterocycles. The molecule has 0 saturated carbocycles. The summed E-state index contributed by atoms with van der Waals surface area (Å²) in [7, 11) is 3.56. The fraction of sp³-hybridized carbons (Fsp3) is 0.118. The predicted molar refractivity (Wildman–Crippen MR) is 88.4 cm³/mol. The van der Waals surface area contributed by atoms with E-state index in [9.17, 15) is 18.8 Å². The Morgan fingerprint density at radius 2 is 1.76 bits per heavy atom. The number of hydrogen-bond acceptors (Lipinski definition) is 5. The molecule has 0 bridgehead atoms. The summed E-state index contributed by atoms with van der Waals surface area (Å²) in [5.41, 5.74) is -0.112. The van der Waals surface area contributed by atoms with Crippen molar-refractivity contribution >= 4 is 35.5 Å². The van der Waals surface area contributed by atoms with Gasteiger partial charge in [0.15, 0.2) is 5.88 Å². The largest absolute Gasteiger partial charge is 0.441 e. The van der Waals surface area contributed by atoms with Crippen molar-refractivity contribution in [2.24, 2.45) is 0 Å². The van der Waals surface area contributed by atoms with Gasteiger partial charge in [-0.1, -0.05) is 0 Å². The van der Waals surface area contributed by atoms with Crippen LogP contribution in [0.2, 0.25) is 0 Å². The SMILES string of the molecule is CN(C)c1ccc(/C=C2\C(=O)NC(=O)N(c3ccc(F)cc3)C2=O)o1. The summed E-state index contributed by atoms with van der Waals surface area (Å²) < 4.78 is 18.5. The zero-order valence-electron chi connectivity index (χ0n) is 13.4. The molecule has 128 valence electrons. The molecule has 1 fully saturated rings. The molecule has 25 heavy (non-hydrogen) atoms. The molecule has 1 N–H and O–H groups in total. The van der Waals surface area contributed by atoms with E-state index in [4.69, 9.17) is 4.42 Å². The minimum atomic E-state index is -0.896. The van der Waals surface area contributed by atoms with E-state index < -0.39 is 23.7 Å². The fourth-order valence-corrected chi connectivity index (χ4v) is 2.28. The second-order valence-corrected chi connectivity index (χ2v) is 5.50. The van der Waals surface area contributed by atoms with Gasteiger partial charge in [-0.3, -0.25) is 14.9 Å². The summed E-state index contributed by atoms with van der Waals surface area (Å²) >= 11 is 0. The number of nitrogens with one attached hydrogen (secondary N) is 1. The summed E-state index contributed by atoms with van der Waals surface area (Å²) in [5, 5.41) is 2.09. The summed E-state index contributed by atoms with van der Waals surface area (Å²) in [6, 6.07) is 7.17. The van der Waals surface area contributed by atoms with Crippen molar-refractivity contribution in [2.45, 2.75) is 0 Å². The molecule has 1 aromatic heterocycles. The van der Waals surface area contributed by atoms with Crippen molar-refractivity contribution in [3.8, 4) is 0 Å². The number of furan rings is 1. The number of rotatable bonds is 3. The van der Waals surface area contributed by atoms with Crippen LogP contribution >= 0.6 is 0 Å². The Hall–Kier alpha value is -3.42. The lowest BCUT2D eigenvalue weighted by molar-refractivity contribution is -0.122. The second-order valence-electron chi connectivity index (χ2n) is 5.50. The van der Waals surface area contributed by atoms with Gasteiger partial charge < -0.3 is 9.32 Å². The van der Waals surface area contributed by atoms with Gasteiger partial charge in [-0.05, 0) is 36.4 Å². The third kappa shape index (κ3) is 3.14. The van der Waals surface area contributed by atoms with Crippen LogP contribution in [0.3, 0.4) is 0 Å². The second kappa shape index (κ2) is 6.23. The number of benzene rings is 1. The Bertz CT molecular complexity index is 884. The highest BCUT2D eigenvalue weighted by Crippen LogP contribution is 2.24. The molecule has 0 radical (unpaired) electrons. The molecule has 0 aliphatic carbocycles. The van der Waals surface area contributed by atoms with Gasteiger partial charge in [0.25, 0.3) is 11.8 Å². The van der Waals surface area contributed by atoms with Crippen LogP contribution in [0.1, 0.15) is 5.76 Å². The first-order chi connectivity index (χ1) is 11.9. The highest BCUT2D eigenvalue weighted by molar-refractivity contribution is 6.39. The maximum atomic E-state index is 13.1. The van der Waals surface area contributed by atoms with E-state index >= 15 is 0 Å². The van der Waals surface area contributed by atoms with Gasteiger partial charge in [0.1, 0.15) is 17.2 Å². The monoisotopic (exact) mass is 343 g/mol. The molecule has 3 rings (SSSR count). The normalized spacial score (nSPS) is 16.4. The topological polar surface area (TPSA) is 82.9 Å². The predicted octanol–water partition coefficient (Wildman–Crippen LogP) is 2.15. The lowest BCUT2D eigenvalue weighted by atomic mass is 10.1. The number of anilines is 2. The third-order valence-electron chi connectivity index (χ3n) is 3.53. The van der Waals surface area contributed by atoms with Crippen LogP contribution < -0.4 is 15.1 Å². The van der Waals surface area contributed by atoms with Crippen molar-refractivity contribution in [1.29, 1.82) is 0 Å². The summed E-state index contributed by atoms with van der Waals surface area (Å²) in [4.78, 5) is 39.1. The molecule has 1 aliphatic rings. The number of halogens is 1. The van der Waals surface area contributed by atoms with Crippen LogP contribution in [0.4, 0.5) is 20.8 Å². The lowest BCUT2D eigenvalue weighted by Crippen LogP contribution is -2.54. The van der Waals surface area contributed by atoms with E-state index in [1.54, 1.807) is 31.1 Å². The van der Waals surface area contributed by atoms with Crippen molar-refractivity contribution in [2.75, 3.05) is 23.9 Å². The van der Waals surface area contributed by atoms with Crippen molar-refractivity contribution < 1.29 is 23.2 Å². The van der Waals surface area contributed by atoms with E-state index in [0.717, 1.165) is 17.0 Å². The average Bonchev–Trinajstić information content (AvgIpc) is 3.02. The molecule has 7 nitrogen and oxygen atoms in total. The number of amides is 4. The zero-order chi connectivity index (χ0) is 18.1. The standard InChI is InChI=1S/C17H14FN3O4/c1-20(2)14-8-7-12(25-14)9-13-15(22)19-17(24)21(16(13)23)11-5-3-10(18)4-6-11/h3-9H,1-2H3,(H,19,22,24)/b13-9+.